The lowest BCUT2D eigenvalue weighted by Crippen LogP contribution is -2.44. The van der Waals surface area contributed by atoms with Crippen molar-refractivity contribution < 1.29 is 27.8 Å². The first-order valence-electron chi connectivity index (χ1n) is 11.7. The van der Waals surface area contributed by atoms with Gasteiger partial charge in [-0.2, -0.15) is 10.4 Å². The molecule has 11 heteroatoms. The molecule has 7 nitrogen and oxygen atoms in total. The standard InChI is InChI=1S/C27H25F3N4O3S/c1-18(27(35,15-34-17-32-16-33-34)22-6-4-7-23(28)26(22)30)38-21-13-36-25(37-14-21)8-3-2-5-20-10-9-19(12-31)11-24(20)29/h2-11,16-18,21,25,35H,13-15H2,1H3/t18-,21-,25-,27-/m1/s1. The van der Waals surface area contributed by atoms with Gasteiger partial charge in [0.05, 0.1) is 36.6 Å². The number of thioether (sulfide) groups is 1. The number of rotatable bonds is 9. The predicted molar refractivity (Wildman–Crippen MR) is 136 cm³/mol. The third-order valence-electron chi connectivity index (χ3n) is 6.03. The molecule has 2 heterocycles. The van der Waals surface area contributed by atoms with Crippen LogP contribution in [0.15, 0.2) is 67.3 Å². The van der Waals surface area contributed by atoms with E-state index >= 15 is 0 Å². The summed E-state index contributed by atoms with van der Waals surface area (Å²) in [6.07, 6.45) is 8.62. The molecule has 198 valence electrons. The Balaban J connectivity index is 1.36. The normalized spacial score (nSPS) is 20.4. The lowest BCUT2D eigenvalue weighted by atomic mass is 9.90. The molecular weight excluding hydrogens is 517 g/mol. The van der Waals surface area contributed by atoms with E-state index in [2.05, 4.69) is 10.1 Å². The van der Waals surface area contributed by atoms with Crippen LogP contribution in [0, 0.1) is 28.8 Å². The van der Waals surface area contributed by atoms with Crippen molar-refractivity contribution in [2.75, 3.05) is 13.2 Å². The molecule has 3 aromatic rings. The lowest BCUT2D eigenvalue weighted by molar-refractivity contribution is -0.146. The van der Waals surface area contributed by atoms with E-state index in [1.165, 1.54) is 59.4 Å². The average Bonchev–Trinajstić information content (AvgIpc) is 3.42. The highest BCUT2D eigenvalue weighted by atomic mass is 32.2. The molecule has 0 unspecified atom stereocenters. The first-order valence-corrected chi connectivity index (χ1v) is 12.7. The SMILES string of the molecule is C[C@@H](S[C@H]1CO[C@H](C=CC=Cc2ccc(C#N)cc2F)OC1)[C@](O)(Cn1cncn1)c1cccc(F)c1F. The van der Waals surface area contributed by atoms with E-state index in [4.69, 9.17) is 14.7 Å². The molecule has 1 aromatic heterocycles. The van der Waals surface area contributed by atoms with Gasteiger partial charge in [-0.05, 0) is 24.3 Å². The van der Waals surface area contributed by atoms with E-state index in [9.17, 15) is 18.3 Å². The third kappa shape index (κ3) is 6.52. The quantitative estimate of drug-likeness (QED) is 0.396. The van der Waals surface area contributed by atoms with Crippen molar-refractivity contribution in [2.24, 2.45) is 0 Å². The summed E-state index contributed by atoms with van der Waals surface area (Å²) in [4.78, 5) is 3.87. The fraction of sp³-hybridized carbons (Fsp3) is 0.296. The van der Waals surface area contributed by atoms with E-state index in [1.807, 2.05) is 6.07 Å². The fourth-order valence-corrected chi connectivity index (χ4v) is 5.29. The van der Waals surface area contributed by atoms with Crippen LogP contribution < -0.4 is 0 Å². The van der Waals surface area contributed by atoms with Crippen LogP contribution in [0.5, 0.6) is 0 Å². The van der Waals surface area contributed by atoms with Gasteiger partial charge in [-0.25, -0.2) is 22.8 Å². The molecule has 2 atom stereocenters. The van der Waals surface area contributed by atoms with Gasteiger partial charge in [0.25, 0.3) is 0 Å². The van der Waals surface area contributed by atoms with Gasteiger partial charge in [0.1, 0.15) is 24.1 Å². The number of allylic oxidation sites excluding steroid dienone is 2. The molecule has 2 aromatic carbocycles. The molecule has 1 saturated heterocycles. The van der Waals surface area contributed by atoms with E-state index < -0.39 is 34.6 Å². The lowest BCUT2D eigenvalue weighted by Gasteiger charge is -2.37. The number of nitriles is 1. The number of ether oxygens (including phenoxy) is 2. The van der Waals surface area contributed by atoms with Crippen LogP contribution in [0.1, 0.15) is 23.6 Å². The van der Waals surface area contributed by atoms with Crippen molar-refractivity contribution >= 4 is 17.8 Å². The molecule has 4 rings (SSSR count). The number of halogens is 3. The van der Waals surface area contributed by atoms with E-state index in [0.717, 1.165) is 6.07 Å². The van der Waals surface area contributed by atoms with Gasteiger partial charge in [-0.3, -0.25) is 0 Å². The van der Waals surface area contributed by atoms with Crippen LogP contribution in [0.2, 0.25) is 0 Å². The van der Waals surface area contributed by atoms with Gasteiger partial charge in [0, 0.05) is 16.4 Å². The smallest absolute Gasteiger partial charge is 0.177 e. The molecule has 0 spiro atoms. The minimum atomic E-state index is -1.80. The van der Waals surface area contributed by atoms with E-state index in [-0.39, 0.29) is 22.9 Å². The minimum absolute atomic E-state index is 0.131. The Hall–Kier alpha value is -3.43. The van der Waals surface area contributed by atoms with Crippen LogP contribution in [-0.2, 0) is 21.6 Å². The molecular formula is C27H25F3N4O3S. The van der Waals surface area contributed by atoms with Crippen molar-refractivity contribution in [3.63, 3.8) is 0 Å². The first kappa shape index (κ1) is 27.6. The Bertz CT molecular complexity index is 1340. The van der Waals surface area contributed by atoms with Gasteiger partial charge >= 0.3 is 0 Å². The Morgan fingerprint density at radius 2 is 2.00 bits per heavy atom. The van der Waals surface area contributed by atoms with Crippen molar-refractivity contribution in [3.05, 3.63) is 101 Å². The van der Waals surface area contributed by atoms with Crippen molar-refractivity contribution in [1.82, 2.24) is 14.8 Å². The van der Waals surface area contributed by atoms with Crippen LogP contribution in [0.25, 0.3) is 6.08 Å². The molecule has 0 bridgehead atoms. The van der Waals surface area contributed by atoms with Crippen molar-refractivity contribution in [3.8, 4) is 6.07 Å². The van der Waals surface area contributed by atoms with Gasteiger partial charge in [-0.1, -0.05) is 43.4 Å². The molecule has 1 fully saturated rings. The second-order valence-corrected chi connectivity index (χ2v) is 10.3. The number of hydrogen-bond donors (Lipinski definition) is 1. The van der Waals surface area contributed by atoms with Gasteiger partial charge < -0.3 is 14.6 Å². The Labute approximate surface area is 222 Å². The zero-order valence-electron chi connectivity index (χ0n) is 20.4. The highest BCUT2D eigenvalue weighted by molar-refractivity contribution is 8.00. The van der Waals surface area contributed by atoms with Gasteiger partial charge in [0.15, 0.2) is 17.9 Å². The molecule has 0 aliphatic carbocycles. The number of aromatic nitrogens is 3. The summed E-state index contributed by atoms with van der Waals surface area (Å²) >= 11 is 1.34. The highest BCUT2D eigenvalue weighted by Crippen LogP contribution is 2.39. The monoisotopic (exact) mass is 542 g/mol. The highest BCUT2D eigenvalue weighted by Gasteiger charge is 2.41. The minimum Gasteiger partial charge on any atom is -0.382 e. The average molecular weight is 543 g/mol. The fourth-order valence-electron chi connectivity index (χ4n) is 3.97. The van der Waals surface area contributed by atoms with Crippen LogP contribution in [0.4, 0.5) is 13.2 Å². The Kier molecular flexibility index (Phi) is 9.01. The summed E-state index contributed by atoms with van der Waals surface area (Å²) in [5.74, 6) is -2.65. The predicted octanol–water partition coefficient (Wildman–Crippen LogP) is 4.59. The van der Waals surface area contributed by atoms with Crippen LogP contribution in [-0.4, -0.2) is 49.9 Å². The number of hydrogen-bond acceptors (Lipinski definition) is 7. The maximum absolute atomic E-state index is 14.7. The zero-order chi connectivity index (χ0) is 27.1. The maximum atomic E-state index is 14.7. The Morgan fingerprint density at radius 1 is 1.21 bits per heavy atom. The molecule has 38 heavy (non-hydrogen) atoms. The van der Waals surface area contributed by atoms with Gasteiger partial charge in [0.2, 0.25) is 0 Å². The number of nitrogens with zero attached hydrogens (tertiary/aromatic N) is 4. The van der Waals surface area contributed by atoms with E-state index in [1.54, 1.807) is 31.2 Å². The second-order valence-electron chi connectivity index (χ2n) is 8.65. The number of benzene rings is 2. The summed E-state index contributed by atoms with van der Waals surface area (Å²) in [6, 6.07) is 9.83. The van der Waals surface area contributed by atoms with Gasteiger partial charge in [-0.15, -0.1) is 11.8 Å². The Morgan fingerprint density at radius 3 is 2.68 bits per heavy atom. The first-order chi connectivity index (χ1) is 18.3. The summed E-state index contributed by atoms with van der Waals surface area (Å²) < 4.78 is 55.6. The maximum Gasteiger partial charge on any atom is 0.177 e. The van der Waals surface area contributed by atoms with E-state index in [0.29, 0.717) is 18.8 Å². The summed E-state index contributed by atoms with van der Waals surface area (Å²) in [5.41, 5.74) is -1.37. The summed E-state index contributed by atoms with van der Waals surface area (Å²) in [7, 11) is 0. The van der Waals surface area contributed by atoms with Crippen molar-refractivity contribution in [2.45, 2.75) is 35.9 Å². The molecule has 0 radical (unpaired) electrons. The summed E-state index contributed by atoms with van der Waals surface area (Å²) in [5, 5.41) is 23.7. The molecule has 1 N–H and O–H groups in total. The van der Waals surface area contributed by atoms with Crippen molar-refractivity contribution in [1.29, 1.82) is 5.26 Å². The molecule has 1 aliphatic heterocycles. The topological polar surface area (TPSA) is 93.2 Å². The van der Waals surface area contributed by atoms with Crippen LogP contribution in [0.3, 0.4) is 0 Å². The largest absolute Gasteiger partial charge is 0.382 e. The molecule has 0 saturated carbocycles. The summed E-state index contributed by atoms with van der Waals surface area (Å²) in [6.45, 7) is 2.19. The molecule has 0 amide bonds. The second kappa shape index (κ2) is 12.4. The van der Waals surface area contributed by atoms with Crippen LogP contribution >= 0.6 is 11.8 Å². The third-order valence-corrected chi connectivity index (χ3v) is 7.49. The molecule has 1 aliphatic rings. The zero-order valence-corrected chi connectivity index (χ0v) is 21.2. The number of aliphatic hydroxyl groups is 1.